The van der Waals surface area contributed by atoms with Crippen molar-refractivity contribution in [3.63, 3.8) is 0 Å². The highest BCUT2D eigenvalue weighted by Gasteiger charge is 2.47. The highest BCUT2D eigenvalue weighted by atomic mass is 32.2. The summed E-state index contributed by atoms with van der Waals surface area (Å²) in [6.45, 7) is 6.35. The third-order valence-corrected chi connectivity index (χ3v) is 6.71. The Morgan fingerprint density at radius 3 is 2.68 bits per heavy atom. The molecule has 2 aliphatic rings. The zero-order valence-corrected chi connectivity index (χ0v) is 15.7. The van der Waals surface area contributed by atoms with Gasteiger partial charge in [0.05, 0.1) is 24.2 Å². The van der Waals surface area contributed by atoms with Crippen LogP contribution in [0.25, 0.3) is 0 Å². The predicted octanol–water partition coefficient (Wildman–Crippen LogP) is 1.31. The molecular weight excluding hydrogens is 340 g/mol. The van der Waals surface area contributed by atoms with E-state index in [9.17, 15) is 13.2 Å². The second-order valence-corrected chi connectivity index (χ2v) is 8.86. The van der Waals surface area contributed by atoms with Crippen LogP contribution in [-0.2, 0) is 21.2 Å². The molecule has 0 unspecified atom stereocenters. The van der Waals surface area contributed by atoms with E-state index < -0.39 is 9.84 Å². The number of hydrogen-bond donors (Lipinski definition) is 0. The van der Waals surface area contributed by atoms with Crippen molar-refractivity contribution in [2.75, 3.05) is 31.2 Å². The molecule has 2 atom stereocenters. The zero-order chi connectivity index (χ0) is 18.0. The van der Waals surface area contributed by atoms with E-state index in [-0.39, 0.29) is 29.5 Å². The number of benzene rings is 1. The van der Waals surface area contributed by atoms with E-state index in [1.165, 1.54) is 0 Å². The van der Waals surface area contributed by atoms with Gasteiger partial charge in [-0.15, -0.1) is 0 Å². The van der Waals surface area contributed by atoms with Gasteiger partial charge in [-0.05, 0) is 24.6 Å². The summed E-state index contributed by atoms with van der Waals surface area (Å²) in [4.78, 5) is 16.2. The van der Waals surface area contributed by atoms with E-state index in [1.54, 1.807) is 4.90 Å². The number of carbonyl (C=O) groups excluding carboxylic acids is 1. The first-order valence-corrected chi connectivity index (χ1v) is 10.7. The van der Waals surface area contributed by atoms with E-state index in [0.29, 0.717) is 32.7 Å². The van der Waals surface area contributed by atoms with Gasteiger partial charge in [-0.1, -0.05) is 19.1 Å². The summed E-state index contributed by atoms with van der Waals surface area (Å²) in [5.41, 5.74) is 1.10. The summed E-state index contributed by atoms with van der Waals surface area (Å²) in [5.74, 6) is 1.09. The van der Waals surface area contributed by atoms with E-state index in [0.717, 1.165) is 11.3 Å². The molecule has 2 aliphatic heterocycles. The van der Waals surface area contributed by atoms with Gasteiger partial charge < -0.3 is 9.64 Å². The standard InChI is InChI=1S/C18H26N2O4S/c1-3-18(21)20-9-8-19(16-12-25(22,23)13-17(16)20)11-14-6-5-7-15(10-14)24-4-2/h5-7,10,16-17H,3-4,8-9,11-13H2,1-2H3/t16-,17+/m0/s1. The van der Waals surface area contributed by atoms with Crippen molar-refractivity contribution >= 4 is 15.7 Å². The second kappa shape index (κ2) is 7.33. The summed E-state index contributed by atoms with van der Waals surface area (Å²) < 4.78 is 30.0. The number of fused-ring (bicyclic) bond motifs is 1. The molecule has 1 aromatic carbocycles. The van der Waals surface area contributed by atoms with Crippen LogP contribution in [0.3, 0.4) is 0 Å². The topological polar surface area (TPSA) is 66.9 Å². The molecule has 0 radical (unpaired) electrons. The number of hydrogen-bond acceptors (Lipinski definition) is 5. The Kier molecular flexibility index (Phi) is 5.34. The molecule has 2 heterocycles. The van der Waals surface area contributed by atoms with Gasteiger partial charge in [-0.2, -0.15) is 0 Å². The lowest BCUT2D eigenvalue weighted by molar-refractivity contribution is -0.136. The third kappa shape index (κ3) is 3.98. The molecule has 0 saturated carbocycles. The Balaban J connectivity index is 1.79. The molecule has 138 valence electrons. The van der Waals surface area contributed by atoms with Crippen LogP contribution < -0.4 is 4.74 Å². The quantitative estimate of drug-likeness (QED) is 0.786. The van der Waals surface area contributed by atoms with Crippen molar-refractivity contribution in [1.29, 1.82) is 0 Å². The van der Waals surface area contributed by atoms with Crippen molar-refractivity contribution in [2.45, 2.75) is 38.9 Å². The fraction of sp³-hybridized carbons (Fsp3) is 0.611. The number of nitrogens with zero attached hydrogens (tertiary/aromatic N) is 2. The van der Waals surface area contributed by atoms with Crippen molar-refractivity contribution in [3.8, 4) is 5.75 Å². The summed E-state index contributed by atoms with van der Waals surface area (Å²) in [6.07, 6.45) is 0.416. The summed E-state index contributed by atoms with van der Waals surface area (Å²) in [6, 6.07) is 7.58. The first kappa shape index (κ1) is 18.2. The van der Waals surface area contributed by atoms with E-state index >= 15 is 0 Å². The van der Waals surface area contributed by atoms with Gasteiger partial charge in [-0.25, -0.2) is 8.42 Å². The van der Waals surface area contributed by atoms with Gasteiger partial charge in [0, 0.05) is 32.1 Å². The fourth-order valence-electron chi connectivity index (χ4n) is 3.87. The van der Waals surface area contributed by atoms with Crippen LogP contribution in [0.5, 0.6) is 5.75 Å². The Hall–Kier alpha value is -1.60. The lowest BCUT2D eigenvalue weighted by Crippen LogP contribution is -2.60. The lowest BCUT2D eigenvalue weighted by atomic mass is 10.0. The molecule has 1 amide bonds. The molecule has 1 aromatic rings. The van der Waals surface area contributed by atoms with Gasteiger partial charge in [-0.3, -0.25) is 9.69 Å². The van der Waals surface area contributed by atoms with Crippen molar-refractivity contribution in [1.82, 2.24) is 9.80 Å². The smallest absolute Gasteiger partial charge is 0.222 e. The minimum atomic E-state index is -3.11. The number of amides is 1. The van der Waals surface area contributed by atoms with Gasteiger partial charge in [0.2, 0.25) is 5.91 Å². The van der Waals surface area contributed by atoms with Gasteiger partial charge in [0.15, 0.2) is 9.84 Å². The Labute approximate surface area is 149 Å². The average molecular weight is 366 g/mol. The van der Waals surface area contributed by atoms with Crippen LogP contribution in [0, 0.1) is 0 Å². The minimum Gasteiger partial charge on any atom is -0.494 e. The number of ether oxygens (including phenoxy) is 1. The maximum absolute atomic E-state index is 12.2. The van der Waals surface area contributed by atoms with Gasteiger partial charge >= 0.3 is 0 Å². The molecule has 6 nitrogen and oxygen atoms in total. The zero-order valence-electron chi connectivity index (χ0n) is 14.8. The highest BCUT2D eigenvalue weighted by Crippen LogP contribution is 2.29. The normalized spacial score (nSPS) is 25.6. The number of rotatable bonds is 5. The Morgan fingerprint density at radius 2 is 1.96 bits per heavy atom. The third-order valence-electron chi connectivity index (χ3n) is 5.01. The molecule has 25 heavy (non-hydrogen) atoms. The van der Waals surface area contributed by atoms with Crippen LogP contribution in [0.2, 0.25) is 0 Å². The van der Waals surface area contributed by atoms with Crippen LogP contribution in [0.15, 0.2) is 24.3 Å². The average Bonchev–Trinajstić information content (AvgIpc) is 2.90. The monoisotopic (exact) mass is 366 g/mol. The van der Waals surface area contributed by atoms with Crippen LogP contribution in [0.1, 0.15) is 25.8 Å². The predicted molar refractivity (Wildman–Crippen MR) is 96.3 cm³/mol. The summed E-state index contributed by atoms with van der Waals surface area (Å²) >= 11 is 0. The second-order valence-electron chi connectivity index (χ2n) is 6.70. The number of sulfone groups is 1. The molecule has 0 spiro atoms. The Bertz CT molecular complexity index is 734. The maximum atomic E-state index is 12.2. The number of piperazine rings is 1. The van der Waals surface area contributed by atoms with E-state index in [4.69, 9.17) is 4.74 Å². The van der Waals surface area contributed by atoms with Crippen LogP contribution in [-0.4, -0.2) is 67.4 Å². The molecule has 7 heteroatoms. The van der Waals surface area contributed by atoms with Crippen molar-refractivity contribution in [2.24, 2.45) is 0 Å². The first-order chi connectivity index (χ1) is 11.9. The summed E-state index contributed by atoms with van der Waals surface area (Å²) in [5, 5.41) is 0. The first-order valence-electron chi connectivity index (χ1n) is 8.89. The van der Waals surface area contributed by atoms with Crippen LogP contribution in [0.4, 0.5) is 0 Å². The summed E-state index contributed by atoms with van der Waals surface area (Å²) in [7, 11) is -3.11. The molecule has 0 aliphatic carbocycles. The van der Waals surface area contributed by atoms with Gasteiger partial charge in [0.25, 0.3) is 0 Å². The largest absolute Gasteiger partial charge is 0.494 e. The highest BCUT2D eigenvalue weighted by molar-refractivity contribution is 7.91. The molecule has 0 N–H and O–H groups in total. The van der Waals surface area contributed by atoms with E-state index in [2.05, 4.69) is 4.90 Å². The van der Waals surface area contributed by atoms with Crippen molar-refractivity contribution < 1.29 is 17.9 Å². The molecular formula is C18H26N2O4S. The van der Waals surface area contributed by atoms with E-state index in [1.807, 2.05) is 38.1 Å². The van der Waals surface area contributed by atoms with Crippen LogP contribution >= 0.6 is 0 Å². The Morgan fingerprint density at radius 1 is 1.20 bits per heavy atom. The molecule has 2 fully saturated rings. The minimum absolute atomic E-state index is 0.0464. The lowest BCUT2D eigenvalue weighted by Gasteiger charge is -2.44. The van der Waals surface area contributed by atoms with Gasteiger partial charge in [0.1, 0.15) is 5.75 Å². The van der Waals surface area contributed by atoms with Crippen molar-refractivity contribution in [3.05, 3.63) is 29.8 Å². The fourth-order valence-corrected chi connectivity index (χ4v) is 5.88. The molecule has 2 saturated heterocycles. The molecule has 0 aromatic heterocycles. The SMILES string of the molecule is CCOc1cccc(CN2CCN(C(=O)CC)[C@@H]3CS(=O)(=O)C[C@@H]32)c1. The molecule has 0 bridgehead atoms. The maximum Gasteiger partial charge on any atom is 0.222 e. The number of carbonyl (C=O) groups is 1. The molecule has 3 rings (SSSR count).